The normalized spacial score (nSPS) is 16.6. The maximum Gasteiger partial charge on any atom is 0.531 e. The Kier molecular flexibility index (Phi) is 6.72. The molecule has 0 radical (unpaired) electrons. The third kappa shape index (κ3) is 5.70. The van der Waals surface area contributed by atoms with Crippen molar-refractivity contribution in [2.24, 2.45) is 10.3 Å². The Hall–Kier alpha value is -1.10. The third-order valence-electron chi connectivity index (χ3n) is 2.16. The van der Waals surface area contributed by atoms with Crippen molar-refractivity contribution in [3.05, 3.63) is 12.3 Å². The zero-order valence-electron chi connectivity index (χ0n) is 10.9. The van der Waals surface area contributed by atoms with Gasteiger partial charge in [-0.05, 0) is 32.4 Å². The van der Waals surface area contributed by atoms with E-state index in [0.29, 0.717) is 0 Å². The van der Waals surface area contributed by atoms with Gasteiger partial charge in [0.2, 0.25) is 0 Å². The van der Waals surface area contributed by atoms with Crippen LogP contribution in [0.15, 0.2) is 22.6 Å². The summed E-state index contributed by atoms with van der Waals surface area (Å²) in [7, 11) is -2.49. The van der Waals surface area contributed by atoms with Crippen molar-refractivity contribution in [3.63, 3.8) is 0 Å². The largest absolute Gasteiger partial charge is 0.531 e. The molecule has 0 atom stereocenters. The van der Waals surface area contributed by atoms with Gasteiger partial charge in [0.25, 0.3) is 0 Å². The van der Waals surface area contributed by atoms with Gasteiger partial charge in [0.15, 0.2) is 0 Å². The fourth-order valence-corrected chi connectivity index (χ4v) is 1.41. The molecule has 5 heteroatoms. The van der Waals surface area contributed by atoms with Crippen LogP contribution < -0.4 is 0 Å². The van der Waals surface area contributed by atoms with E-state index in [1.54, 1.807) is 5.70 Å². The molecule has 0 rings (SSSR count). The van der Waals surface area contributed by atoms with Crippen molar-refractivity contribution in [1.82, 2.24) is 0 Å². The number of hydrogen-bond acceptors (Lipinski definition) is 4. The molecule has 0 bridgehead atoms. The molecule has 0 saturated heterocycles. The molecule has 0 saturated carbocycles. The van der Waals surface area contributed by atoms with Gasteiger partial charge in [-0.2, -0.15) is 0 Å². The molecule has 0 unspecified atom stereocenters. The maximum atomic E-state index is 5.41. The highest BCUT2D eigenvalue weighted by atomic mass is 28.4. The zero-order chi connectivity index (χ0) is 12.6. The fraction of sp³-hybridized carbons (Fsp3) is 0.636. The van der Waals surface area contributed by atoms with Gasteiger partial charge in [-0.3, -0.25) is 0 Å². The van der Waals surface area contributed by atoms with Gasteiger partial charge in [-0.1, -0.05) is 13.8 Å². The highest BCUT2D eigenvalue weighted by Gasteiger charge is 2.33. The van der Waals surface area contributed by atoms with E-state index in [4.69, 9.17) is 9.05 Å². The molecule has 0 heterocycles. The Morgan fingerprint density at radius 3 is 1.75 bits per heavy atom. The lowest BCUT2D eigenvalue weighted by molar-refractivity contribution is 0.197. The van der Waals surface area contributed by atoms with Crippen LogP contribution in [0.3, 0.4) is 0 Å². The van der Waals surface area contributed by atoms with Crippen molar-refractivity contribution in [2.75, 3.05) is 0 Å². The van der Waals surface area contributed by atoms with E-state index in [9.17, 15) is 0 Å². The average Bonchev–Trinajstić information content (AvgIpc) is 2.32. The lowest BCUT2D eigenvalue weighted by Crippen LogP contribution is -2.33. The summed E-state index contributed by atoms with van der Waals surface area (Å²) < 4.78 is 10.8. The Morgan fingerprint density at radius 1 is 1.12 bits per heavy atom. The second kappa shape index (κ2) is 7.22. The first-order chi connectivity index (χ1) is 7.47. The fourth-order valence-electron chi connectivity index (χ4n) is 0.557. The molecule has 0 aromatic heterocycles. The van der Waals surface area contributed by atoms with Crippen LogP contribution in [-0.2, 0) is 9.05 Å². The Morgan fingerprint density at radius 2 is 1.50 bits per heavy atom. The Balaban J connectivity index is 4.48. The minimum atomic E-state index is -2.49. The summed E-state index contributed by atoms with van der Waals surface area (Å²) in [4.78, 5) is 0. The van der Waals surface area contributed by atoms with E-state index in [1.807, 2.05) is 34.2 Å². The van der Waals surface area contributed by atoms with E-state index in [-0.39, 0.29) is 0 Å². The summed E-state index contributed by atoms with van der Waals surface area (Å²) >= 11 is 0. The van der Waals surface area contributed by atoms with Gasteiger partial charge in [-0.15, -0.1) is 16.9 Å². The second-order valence-electron chi connectivity index (χ2n) is 3.76. The lowest BCUT2D eigenvalue weighted by atomic mass is 10.3. The predicted octanol–water partition coefficient (Wildman–Crippen LogP) is 3.39. The molecule has 0 aliphatic rings. The van der Waals surface area contributed by atoms with Crippen LogP contribution >= 0.6 is 0 Å². The van der Waals surface area contributed by atoms with Crippen LogP contribution in [0.5, 0.6) is 0 Å². The predicted molar refractivity (Wildman–Crippen MR) is 70.8 cm³/mol. The minimum Gasteiger partial charge on any atom is -0.404 e. The summed E-state index contributed by atoms with van der Waals surface area (Å²) in [6.45, 7) is 13.4. The zero-order valence-corrected chi connectivity index (χ0v) is 11.9. The van der Waals surface area contributed by atoms with E-state index >= 15 is 0 Å². The first-order valence-electron chi connectivity index (χ1n) is 5.54. The van der Waals surface area contributed by atoms with Crippen molar-refractivity contribution in [3.8, 4) is 0 Å². The SMILES string of the molecule is C=C[Si](C)(ON=C(C)CC)ON=C(C)CC. The number of rotatable bonds is 7. The standard InChI is InChI=1S/C11H22N2O2Si/c1-7-10(4)12-14-16(6,9-3)15-13-11(5)8-2/h9H,3,7-8H2,1-2,4-6H3. The van der Waals surface area contributed by atoms with Crippen LogP contribution in [0.25, 0.3) is 0 Å². The first kappa shape index (κ1) is 14.9. The van der Waals surface area contributed by atoms with Crippen molar-refractivity contribution in [1.29, 1.82) is 0 Å². The molecular formula is C11H22N2O2Si. The molecule has 0 aromatic carbocycles. The van der Waals surface area contributed by atoms with Crippen molar-refractivity contribution < 1.29 is 9.05 Å². The first-order valence-corrected chi connectivity index (χ1v) is 7.93. The molecule has 4 nitrogen and oxygen atoms in total. The minimum absolute atomic E-state index is 0.860. The highest BCUT2D eigenvalue weighted by molar-refractivity contribution is 6.71. The van der Waals surface area contributed by atoms with E-state index in [1.165, 1.54) is 0 Å². The van der Waals surface area contributed by atoms with Gasteiger partial charge >= 0.3 is 8.56 Å². The molecule has 0 amide bonds. The van der Waals surface area contributed by atoms with Crippen molar-refractivity contribution >= 4 is 20.0 Å². The Labute approximate surface area is 99.3 Å². The quantitative estimate of drug-likeness (QED) is 0.390. The second-order valence-corrected chi connectivity index (χ2v) is 6.57. The molecule has 0 N–H and O–H groups in total. The number of nitrogens with zero attached hydrogens (tertiary/aromatic N) is 2. The van der Waals surface area contributed by atoms with Gasteiger partial charge in [0.1, 0.15) is 0 Å². The van der Waals surface area contributed by atoms with Gasteiger partial charge in [0.05, 0.1) is 11.4 Å². The molecule has 92 valence electrons. The van der Waals surface area contributed by atoms with Crippen LogP contribution in [-0.4, -0.2) is 20.0 Å². The summed E-state index contributed by atoms with van der Waals surface area (Å²) in [5.41, 5.74) is 3.53. The summed E-state index contributed by atoms with van der Waals surface area (Å²) in [5, 5.41) is 8.00. The molecular weight excluding hydrogens is 220 g/mol. The maximum absolute atomic E-state index is 5.41. The topological polar surface area (TPSA) is 43.2 Å². The van der Waals surface area contributed by atoms with Crippen LogP contribution in [0.1, 0.15) is 40.5 Å². The van der Waals surface area contributed by atoms with Crippen LogP contribution in [0.4, 0.5) is 0 Å². The Bertz CT molecular complexity index is 266. The van der Waals surface area contributed by atoms with Crippen molar-refractivity contribution in [2.45, 2.75) is 47.1 Å². The number of oxime groups is 2. The monoisotopic (exact) mass is 242 g/mol. The summed E-state index contributed by atoms with van der Waals surface area (Å²) in [6, 6.07) is 0. The molecule has 0 spiro atoms. The average molecular weight is 242 g/mol. The molecule has 0 aromatic rings. The van der Waals surface area contributed by atoms with E-state index in [0.717, 1.165) is 24.3 Å². The number of hydrogen-bond donors (Lipinski definition) is 0. The van der Waals surface area contributed by atoms with Gasteiger partial charge in [-0.25, -0.2) is 0 Å². The molecule has 0 fully saturated rings. The van der Waals surface area contributed by atoms with Crippen LogP contribution in [0.2, 0.25) is 6.55 Å². The van der Waals surface area contributed by atoms with Crippen LogP contribution in [0, 0.1) is 0 Å². The highest BCUT2D eigenvalue weighted by Crippen LogP contribution is 2.10. The van der Waals surface area contributed by atoms with Gasteiger partial charge < -0.3 is 9.05 Å². The smallest absolute Gasteiger partial charge is 0.404 e. The van der Waals surface area contributed by atoms with E-state index in [2.05, 4.69) is 16.9 Å². The van der Waals surface area contributed by atoms with Gasteiger partial charge in [0, 0.05) is 6.55 Å². The third-order valence-corrected chi connectivity index (χ3v) is 3.81. The molecule has 0 aliphatic carbocycles. The summed E-state index contributed by atoms with van der Waals surface area (Å²) in [5.74, 6) is 0. The molecule has 0 aliphatic heterocycles. The van der Waals surface area contributed by atoms with E-state index < -0.39 is 8.56 Å². The summed E-state index contributed by atoms with van der Waals surface area (Å²) in [6.07, 6.45) is 1.72. The molecule has 16 heavy (non-hydrogen) atoms. The lowest BCUT2D eigenvalue weighted by Gasteiger charge is -2.17.